The molecule has 1 nitrogen and oxygen atoms in total. The fourth-order valence-electron chi connectivity index (χ4n) is 1.97. The van der Waals surface area contributed by atoms with Crippen LogP contribution in [-0.4, -0.2) is 11.2 Å². The van der Waals surface area contributed by atoms with E-state index in [4.69, 9.17) is 0 Å². The predicted octanol–water partition coefficient (Wildman–Crippen LogP) is 3.21. The summed E-state index contributed by atoms with van der Waals surface area (Å²) in [5.41, 5.74) is 0. The van der Waals surface area contributed by atoms with Gasteiger partial charge in [0.15, 0.2) is 0 Å². The summed E-state index contributed by atoms with van der Waals surface area (Å²) in [5, 5.41) is 11.5. The first-order chi connectivity index (χ1) is 6.25. The van der Waals surface area contributed by atoms with Gasteiger partial charge in [0.1, 0.15) is 0 Å². The summed E-state index contributed by atoms with van der Waals surface area (Å²) in [6, 6.07) is 2.10. The second kappa shape index (κ2) is 4.11. The fourth-order valence-corrected chi connectivity index (χ4v) is 3.60. The highest BCUT2D eigenvalue weighted by molar-refractivity contribution is 9.10. The maximum atomic E-state index is 9.39. The first-order valence-corrected chi connectivity index (χ1v) is 6.33. The third-order valence-corrected chi connectivity index (χ3v) is 4.63. The molecule has 1 aliphatic carbocycles. The molecule has 0 amide bonds. The normalized spacial score (nSPS) is 28.2. The number of hydrogen-bond donors (Lipinski definition) is 1. The second-order valence-electron chi connectivity index (χ2n) is 3.73. The van der Waals surface area contributed by atoms with Crippen molar-refractivity contribution in [2.45, 2.75) is 31.8 Å². The van der Waals surface area contributed by atoms with Crippen molar-refractivity contribution in [3.8, 4) is 0 Å². The minimum Gasteiger partial charge on any atom is -0.393 e. The van der Waals surface area contributed by atoms with Gasteiger partial charge in [-0.15, -0.1) is 11.3 Å². The Morgan fingerprint density at radius 3 is 2.92 bits per heavy atom. The average Bonchev–Trinajstić information content (AvgIpc) is 2.64. The van der Waals surface area contributed by atoms with Crippen LogP contribution in [0.25, 0.3) is 0 Å². The van der Waals surface area contributed by atoms with Crippen LogP contribution in [0.15, 0.2) is 15.9 Å². The standard InChI is InChI=1S/C10H13BrOS/c11-9-3-4-13-10(9)6-7-1-2-8(12)5-7/h3-4,7-8,12H,1-2,5-6H2. The third kappa shape index (κ3) is 2.33. The molecule has 1 aromatic rings. The van der Waals surface area contributed by atoms with Crippen LogP contribution >= 0.6 is 27.3 Å². The summed E-state index contributed by atoms with van der Waals surface area (Å²) in [6.07, 6.45) is 4.27. The van der Waals surface area contributed by atoms with Gasteiger partial charge in [-0.2, -0.15) is 0 Å². The predicted molar refractivity (Wildman–Crippen MR) is 59.1 cm³/mol. The number of thiophene rings is 1. The molecule has 1 aromatic heterocycles. The van der Waals surface area contributed by atoms with Gasteiger partial charge in [0.05, 0.1) is 6.10 Å². The number of aliphatic hydroxyl groups excluding tert-OH is 1. The molecule has 0 saturated heterocycles. The molecule has 2 atom stereocenters. The van der Waals surface area contributed by atoms with Gasteiger partial charge < -0.3 is 5.11 Å². The lowest BCUT2D eigenvalue weighted by Crippen LogP contribution is -2.02. The van der Waals surface area contributed by atoms with Crippen molar-refractivity contribution in [3.05, 3.63) is 20.8 Å². The van der Waals surface area contributed by atoms with E-state index in [1.54, 1.807) is 0 Å². The first-order valence-electron chi connectivity index (χ1n) is 4.65. The highest BCUT2D eigenvalue weighted by Gasteiger charge is 2.23. The molecule has 13 heavy (non-hydrogen) atoms. The Morgan fingerprint density at radius 1 is 1.54 bits per heavy atom. The molecule has 2 unspecified atom stereocenters. The largest absolute Gasteiger partial charge is 0.393 e. The summed E-state index contributed by atoms with van der Waals surface area (Å²) in [5.74, 6) is 0.699. The van der Waals surface area contributed by atoms with Crippen LogP contribution in [0.5, 0.6) is 0 Å². The molecule has 1 saturated carbocycles. The molecule has 0 aliphatic heterocycles. The maximum absolute atomic E-state index is 9.39. The summed E-state index contributed by atoms with van der Waals surface area (Å²) in [6.45, 7) is 0. The van der Waals surface area contributed by atoms with Crippen molar-refractivity contribution in [3.63, 3.8) is 0 Å². The molecule has 1 N–H and O–H groups in total. The van der Waals surface area contributed by atoms with E-state index < -0.39 is 0 Å². The molecule has 3 heteroatoms. The van der Waals surface area contributed by atoms with Crippen molar-refractivity contribution in [1.29, 1.82) is 0 Å². The van der Waals surface area contributed by atoms with Crippen molar-refractivity contribution in [1.82, 2.24) is 0 Å². The highest BCUT2D eigenvalue weighted by atomic mass is 79.9. The van der Waals surface area contributed by atoms with E-state index in [1.807, 2.05) is 11.3 Å². The summed E-state index contributed by atoms with van der Waals surface area (Å²) < 4.78 is 1.24. The number of halogens is 1. The summed E-state index contributed by atoms with van der Waals surface area (Å²) >= 11 is 5.35. The smallest absolute Gasteiger partial charge is 0.0543 e. The number of rotatable bonds is 2. The van der Waals surface area contributed by atoms with E-state index in [1.165, 1.54) is 15.8 Å². The lowest BCUT2D eigenvalue weighted by Gasteiger charge is -2.07. The summed E-state index contributed by atoms with van der Waals surface area (Å²) in [7, 11) is 0. The SMILES string of the molecule is OC1CCC(Cc2sccc2Br)C1. The molecule has 72 valence electrons. The minimum absolute atomic E-state index is 0.0382. The van der Waals surface area contributed by atoms with Gasteiger partial charge in [-0.3, -0.25) is 0 Å². The zero-order chi connectivity index (χ0) is 9.26. The zero-order valence-corrected chi connectivity index (χ0v) is 9.77. The lowest BCUT2D eigenvalue weighted by atomic mass is 10.0. The van der Waals surface area contributed by atoms with Crippen molar-refractivity contribution in [2.24, 2.45) is 5.92 Å². The van der Waals surface area contributed by atoms with Gasteiger partial charge in [-0.25, -0.2) is 0 Å². The van der Waals surface area contributed by atoms with Crippen molar-refractivity contribution in [2.75, 3.05) is 0 Å². The van der Waals surface area contributed by atoms with E-state index in [9.17, 15) is 5.11 Å². The van der Waals surface area contributed by atoms with E-state index in [-0.39, 0.29) is 6.10 Å². The van der Waals surface area contributed by atoms with Crippen LogP contribution in [0, 0.1) is 5.92 Å². The molecule has 0 aromatic carbocycles. The van der Waals surface area contributed by atoms with Crippen LogP contribution < -0.4 is 0 Å². The van der Waals surface area contributed by atoms with Crippen molar-refractivity contribution >= 4 is 27.3 Å². The Morgan fingerprint density at radius 2 is 2.38 bits per heavy atom. The van der Waals surface area contributed by atoms with Gasteiger partial charge >= 0.3 is 0 Å². The molecule has 0 radical (unpaired) electrons. The number of aliphatic hydroxyl groups is 1. The van der Waals surface area contributed by atoms with E-state index in [2.05, 4.69) is 27.4 Å². The molecule has 1 aliphatic rings. The van der Waals surface area contributed by atoms with Gasteiger partial charge in [0.2, 0.25) is 0 Å². The van der Waals surface area contributed by atoms with E-state index in [0.717, 1.165) is 19.3 Å². The first kappa shape index (κ1) is 9.69. The maximum Gasteiger partial charge on any atom is 0.0543 e. The molecule has 1 fully saturated rings. The van der Waals surface area contributed by atoms with Gasteiger partial charge in [-0.05, 0) is 59.0 Å². The van der Waals surface area contributed by atoms with Crippen LogP contribution in [0.3, 0.4) is 0 Å². The van der Waals surface area contributed by atoms with E-state index >= 15 is 0 Å². The van der Waals surface area contributed by atoms with Crippen LogP contribution in [-0.2, 0) is 6.42 Å². The molecule has 2 rings (SSSR count). The highest BCUT2D eigenvalue weighted by Crippen LogP contribution is 2.32. The van der Waals surface area contributed by atoms with Gasteiger partial charge in [0, 0.05) is 9.35 Å². The number of hydrogen-bond acceptors (Lipinski definition) is 2. The average molecular weight is 261 g/mol. The quantitative estimate of drug-likeness (QED) is 0.866. The van der Waals surface area contributed by atoms with E-state index in [0.29, 0.717) is 5.92 Å². The van der Waals surface area contributed by atoms with Crippen LogP contribution in [0.2, 0.25) is 0 Å². The Labute approximate surface area is 90.9 Å². The van der Waals surface area contributed by atoms with Gasteiger partial charge in [-0.1, -0.05) is 0 Å². The Kier molecular flexibility index (Phi) is 3.06. The zero-order valence-electron chi connectivity index (χ0n) is 7.37. The second-order valence-corrected chi connectivity index (χ2v) is 5.58. The summed E-state index contributed by atoms with van der Waals surface area (Å²) in [4.78, 5) is 1.43. The molecule has 1 heterocycles. The third-order valence-electron chi connectivity index (χ3n) is 2.68. The van der Waals surface area contributed by atoms with Gasteiger partial charge in [0.25, 0.3) is 0 Å². The Bertz CT molecular complexity index is 284. The molecular weight excluding hydrogens is 248 g/mol. The fraction of sp³-hybridized carbons (Fsp3) is 0.600. The Balaban J connectivity index is 1.95. The van der Waals surface area contributed by atoms with Crippen LogP contribution in [0.1, 0.15) is 24.1 Å². The lowest BCUT2D eigenvalue weighted by molar-refractivity contribution is 0.177. The Hall–Kier alpha value is 0.140. The molecule has 0 bridgehead atoms. The topological polar surface area (TPSA) is 20.2 Å². The molecule has 0 spiro atoms. The monoisotopic (exact) mass is 260 g/mol. The minimum atomic E-state index is -0.0382. The van der Waals surface area contributed by atoms with Crippen molar-refractivity contribution < 1.29 is 5.11 Å². The molecular formula is C10H13BrOS. The van der Waals surface area contributed by atoms with Crippen LogP contribution in [0.4, 0.5) is 0 Å².